The first-order valence-electron chi connectivity index (χ1n) is 8.86. The molecule has 1 aliphatic rings. The minimum atomic E-state index is -3.60. The number of nitrogens with zero attached hydrogens (tertiary/aromatic N) is 2. The molecule has 0 radical (unpaired) electrons. The molecule has 0 fully saturated rings. The molecular formula is C19H21N3O4S. The third-order valence-electron chi connectivity index (χ3n) is 4.52. The van der Waals surface area contributed by atoms with Crippen LogP contribution in [0.1, 0.15) is 12.2 Å². The minimum absolute atomic E-state index is 0.177. The van der Waals surface area contributed by atoms with Gasteiger partial charge in [0, 0.05) is 19.2 Å². The highest BCUT2D eigenvalue weighted by atomic mass is 32.2. The van der Waals surface area contributed by atoms with Gasteiger partial charge in [-0.1, -0.05) is 12.1 Å². The van der Waals surface area contributed by atoms with Gasteiger partial charge in [-0.3, -0.25) is 0 Å². The Morgan fingerprint density at radius 2 is 1.89 bits per heavy atom. The second kappa shape index (κ2) is 7.21. The number of aromatic nitrogens is 2. The zero-order valence-electron chi connectivity index (χ0n) is 15.0. The van der Waals surface area contributed by atoms with Crippen LogP contribution < -0.4 is 14.2 Å². The van der Waals surface area contributed by atoms with Crippen LogP contribution in [0.5, 0.6) is 11.5 Å². The number of fused-ring (bicyclic) bond motifs is 2. The molecule has 1 aliphatic heterocycles. The van der Waals surface area contributed by atoms with Crippen LogP contribution in [-0.2, 0) is 16.6 Å². The van der Waals surface area contributed by atoms with Gasteiger partial charge in [0.05, 0.1) is 15.9 Å². The molecule has 0 atom stereocenters. The van der Waals surface area contributed by atoms with Gasteiger partial charge in [0.25, 0.3) is 0 Å². The Balaban J connectivity index is 1.40. The summed E-state index contributed by atoms with van der Waals surface area (Å²) in [6.07, 6.45) is 0.658. The number of para-hydroxylation sites is 2. The summed E-state index contributed by atoms with van der Waals surface area (Å²) in [5.41, 5.74) is 2.01. The summed E-state index contributed by atoms with van der Waals surface area (Å²) in [7, 11) is -3.60. The Morgan fingerprint density at radius 3 is 2.74 bits per heavy atom. The first-order chi connectivity index (χ1) is 13.0. The summed E-state index contributed by atoms with van der Waals surface area (Å²) in [4.78, 5) is 4.70. The summed E-state index contributed by atoms with van der Waals surface area (Å²) in [5, 5.41) is 0. The molecule has 142 valence electrons. The summed E-state index contributed by atoms with van der Waals surface area (Å²) >= 11 is 0. The van der Waals surface area contributed by atoms with E-state index in [9.17, 15) is 8.42 Å². The third-order valence-corrected chi connectivity index (χ3v) is 5.98. The molecule has 3 aromatic rings. The summed E-state index contributed by atoms with van der Waals surface area (Å²) < 4.78 is 40.7. The van der Waals surface area contributed by atoms with E-state index in [2.05, 4.69) is 14.3 Å². The average molecular weight is 387 g/mol. The van der Waals surface area contributed by atoms with Crippen LogP contribution in [0.25, 0.3) is 11.0 Å². The van der Waals surface area contributed by atoms with Crippen molar-refractivity contribution in [2.45, 2.75) is 24.8 Å². The SMILES string of the molecule is Cc1nc2ccccc2n1CCCNS(=O)(=O)c1ccc2c(c1)OCCO2. The van der Waals surface area contributed by atoms with E-state index in [0.717, 1.165) is 16.9 Å². The Kier molecular flexibility index (Phi) is 4.75. The van der Waals surface area contributed by atoms with Gasteiger partial charge in [0.1, 0.15) is 19.0 Å². The first kappa shape index (κ1) is 17.8. The lowest BCUT2D eigenvalue weighted by Crippen LogP contribution is -2.26. The number of hydrogen-bond acceptors (Lipinski definition) is 5. The summed E-state index contributed by atoms with van der Waals surface area (Å²) in [5.74, 6) is 1.96. The van der Waals surface area contributed by atoms with Crippen molar-refractivity contribution < 1.29 is 17.9 Å². The third kappa shape index (κ3) is 3.63. The van der Waals surface area contributed by atoms with Gasteiger partial charge in [0.15, 0.2) is 11.5 Å². The van der Waals surface area contributed by atoms with Crippen LogP contribution >= 0.6 is 0 Å². The average Bonchev–Trinajstić information content (AvgIpc) is 3.00. The number of imidazole rings is 1. The van der Waals surface area contributed by atoms with Gasteiger partial charge < -0.3 is 14.0 Å². The van der Waals surface area contributed by atoms with E-state index in [0.29, 0.717) is 44.2 Å². The molecule has 0 saturated carbocycles. The zero-order chi connectivity index (χ0) is 18.9. The molecule has 27 heavy (non-hydrogen) atoms. The van der Waals surface area contributed by atoms with E-state index >= 15 is 0 Å². The largest absolute Gasteiger partial charge is 0.486 e. The van der Waals surface area contributed by atoms with Crippen LogP contribution in [0.4, 0.5) is 0 Å². The maximum Gasteiger partial charge on any atom is 0.240 e. The second-order valence-electron chi connectivity index (χ2n) is 6.36. The van der Waals surface area contributed by atoms with Crippen molar-refractivity contribution in [3.05, 3.63) is 48.3 Å². The number of rotatable bonds is 6. The molecule has 0 unspecified atom stereocenters. The minimum Gasteiger partial charge on any atom is -0.486 e. The van der Waals surface area contributed by atoms with Crippen LogP contribution in [-0.4, -0.2) is 37.7 Å². The normalized spacial score (nSPS) is 13.8. The number of hydrogen-bond donors (Lipinski definition) is 1. The Hall–Kier alpha value is -2.58. The van der Waals surface area contributed by atoms with Crippen LogP contribution in [0.15, 0.2) is 47.4 Å². The van der Waals surface area contributed by atoms with Crippen molar-refractivity contribution >= 4 is 21.1 Å². The summed E-state index contributed by atoms with van der Waals surface area (Å²) in [6, 6.07) is 12.6. The molecule has 0 spiro atoms. The quantitative estimate of drug-likeness (QED) is 0.657. The molecule has 0 saturated heterocycles. The molecule has 4 rings (SSSR count). The number of ether oxygens (including phenoxy) is 2. The van der Waals surface area contributed by atoms with Gasteiger partial charge in [-0.2, -0.15) is 0 Å². The topological polar surface area (TPSA) is 82.5 Å². The van der Waals surface area contributed by atoms with Gasteiger partial charge in [-0.25, -0.2) is 18.1 Å². The highest BCUT2D eigenvalue weighted by Crippen LogP contribution is 2.32. The Labute approximate surface area is 158 Å². The lowest BCUT2D eigenvalue weighted by atomic mass is 10.3. The van der Waals surface area contributed by atoms with Crippen molar-refractivity contribution in [3.63, 3.8) is 0 Å². The van der Waals surface area contributed by atoms with Crippen LogP contribution in [0.3, 0.4) is 0 Å². The van der Waals surface area contributed by atoms with Crippen molar-refractivity contribution in [2.75, 3.05) is 19.8 Å². The van der Waals surface area contributed by atoms with Gasteiger partial charge in [0.2, 0.25) is 10.0 Å². The molecule has 7 nitrogen and oxygen atoms in total. The number of aryl methyl sites for hydroxylation is 2. The maximum absolute atomic E-state index is 12.5. The maximum atomic E-state index is 12.5. The number of nitrogens with one attached hydrogen (secondary N) is 1. The van der Waals surface area contributed by atoms with Gasteiger partial charge >= 0.3 is 0 Å². The highest BCUT2D eigenvalue weighted by molar-refractivity contribution is 7.89. The second-order valence-corrected chi connectivity index (χ2v) is 8.12. The highest BCUT2D eigenvalue weighted by Gasteiger charge is 2.19. The molecule has 0 aliphatic carbocycles. The van der Waals surface area contributed by atoms with Crippen molar-refractivity contribution in [1.29, 1.82) is 0 Å². The molecular weight excluding hydrogens is 366 g/mol. The van der Waals surface area contributed by atoms with Crippen LogP contribution in [0, 0.1) is 6.92 Å². The smallest absolute Gasteiger partial charge is 0.240 e. The van der Waals surface area contributed by atoms with E-state index in [-0.39, 0.29) is 4.90 Å². The monoisotopic (exact) mass is 387 g/mol. The number of benzene rings is 2. The van der Waals surface area contributed by atoms with Crippen molar-refractivity contribution in [3.8, 4) is 11.5 Å². The van der Waals surface area contributed by atoms with E-state index < -0.39 is 10.0 Å². The molecule has 8 heteroatoms. The van der Waals surface area contributed by atoms with Gasteiger partial charge in [-0.05, 0) is 37.6 Å². The lowest BCUT2D eigenvalue weighted by molar-refractivity contribution is 0.171. The van der Waals surface area contributed by atoms with Gasteiger partial charge in [-0.15, -0.1) is 0 Å². The van der Waals surface area contributed by atoms with Crippen molar-refractivity contribution in [1.82, 2.24) is 14.3 Å². The predicted molar refractivity (Wildman–Crippen MR) is 102 cm³/mol. The summed E-state index contributed by atoms with van der Waals surface area (Å²) in [6.45, 7) is 3.87. The van der Waals surface area contributed by atoms with Crippen molar-refractivity contribution in [2.24, 2.45) is 0 Å². The fraction of sp³-hybridized carbons (Fsp3) is 0.316. The zero-order valence-corrected chi connectivity index (χ0v) is 15.8. The molecule has 1 aromatic heterocycles. The van der Waals surface area contributed by atoms with E-state index in [1.54, 1.807) is 6.07 Å². The fourth-order valence-electron chi connectivity index (χ4n) is 3.20. The standard InChI is InChI=1S/C19H21N3O4S/c1-14-21-16-5-2-3-6-17(16)22(14)10-4-9-20-27(23,24)15-7-8-18-19(13-15)26-12-11-25-18/h2-3,5-8,13,20H,4,9-12H2,1H3. The number of sulfonamides is 1. The molecule has 0 amide bonds. The predicted octanol–water partition coefficient (Wildman–Crippen LogP) is 2.48. The fourth-order valence-corrected chi connectivity index (χ4v) is 4.29. The van der Waals surface area contributed by atoms with E-state index in [1.807, 2.05) is 31.2 Å². The Bertz CT molecular complexity index is 1080. The van der Waals surface area contributed by atoms with E-state index in [4.69, 9.17) is 9.47 Å². The molecule has 1 N–H and O–H groups in total. The lowest BCUT2D eigenvalue weighted by Gasteiger charge is -2.19. The first-order valence-corrected chi connectivity index (χ1v) is 10.3. The molecule has 0 bridgehead atoms. The molecule has 2 heterocycles. The van der Waals surface area contributed by atoms with Crippen LogP contribution in [0.2, 0.25) is 0 Å². The Morgan fingerprint density at radius 1 is 1.11 bits per heavy atom. The molecule has 2 aromatic carbocycles. The van der Waals surface area contributed by atoms with E-state index in [1.165, 1.54) is 12.1 Å².